The maximum atomic E-state index is 12.1. The van der Waals surface area contributed by atoms with Crippen LogP contribution in [0.5, 0.6) is 0 Å². The number of sulfone groups is 1. The van der Waals surface area contributed by atoms with Crippen molar-refractivity contribution in [2.75, 3.05) is 23.8 Å². The Morgan fingerprint density at radius 3 is 2.38 bits per heavy atom. The fourth-order valence-corrected chi connectivity index (χ4v) is 4.15. The smallest absolute Gasteiger partial charge is 0.235 e. The van der Waals surface area contributed by atoms with E-state index >= 15 is 0 Å². The average molecular weight is 336 g/mol. The van der Waals surface area contributed by atoms with Crippen LogP contribution in [-0.4, -0.2) is 47.0 Å². The predicted molar refractivity (Wildman–Crippen MR) is 80.4 cm³/mol. The first-order chi connectivity index (χ1) is 9.57. The van der Waals surface area contributed by atoms with E-state index in [0.717, 1.165) is 6.26 Å². The number of anilines is 1. The number of sulfonamides is 1. The fraction of sp³-hybridized carbons (Fsp3) is 0.583. The Balaban J connectivity index is 3.06. The molecule has 0 fully saturated rings. The van der Waals surface area contributed by atoms with Crippen LogP contribution in [0.4, 0.5) is 5.69 Å². The lowest BCUT2D eigenvalue weighted by atomic mass is 10.1. The van der Waals surface area contributed by atoms with E-state index in [4.69, 9.17) is 4.74 Å². The summed E-state index contributed by atoms with van der Waals surface area (Å²) in [6, 6.07) is 1.25. The third-order valence-corrected chi connectivity index (χ3v) is 5.33. The molecule has 0 radical (unpaired) electrons. The molecule has 0 spiro atoms. The van der Waals surface area contributed by atoms with Gasteiger partial charge in [-0.2, -0.15) is 0 Å². The Labute approximate surface area is 125 Å². The third-order valence-electron chi connectivity index (χ3n) is 2.88. The predicted octanol–water partition coefficient (Wildman–Crippen LogP) is 0.898. The monoisotopic (exact) mass is 336 g/mol. The summed E-state index contributed by atoms with van der Waals surface area (Å²) in [5, 5.41) is 0. The molecule has 1 rings (SSSR count). The molecule has 21 heavy (non-hydrogen) atoms. The van der Waals surface area contributed by atoms with Gasteiger partial charge < -0.3 is 4.74 Å². The van der Waals surface area contributed by atoms with Gasteiger partial charge in [-0.25, -0.2) is 16.8 Å². The number of rotatable bonds is 7. The molecule has 1 heterocycles. The summed E-state index contributed by atoms with van der Waals surface area (Å²) in [6.45, 7) is 3.69. The molecule has 0 aliphatic carbocycles. The first kappa shape index (κ1) is 17.9. The average Bonchev–Trinajstić information content (AvgIpc) is 2.34. The van der Waals surface area contributed by atoms with Gasteiger partial charge in [-0.3, -0.25) is 9.71 Å². The van der Waals surface area contributed by atoms with E-state index in [-0.39, 0.29) is 22.3 Å². The van der Waals surface area contributed by atoms with Crippen LogP contribution in [0.25, 0.3) is 0 Å². The molecule has 1 atom stereocenters. The molecular weight excluding hydrogens is 316 g/mol. The highest BCUT2D eigenvalue weighted by Crippen LogP contribution is 2.21. The van der Waals surface area contributed by atoms with Gasteiger partial charge in [0, 0.05) is 19.6 Å². The molecule has 1 aromatic rings. The lowest BCUT2D eigenvalue weighted by Crippen LogP contribution is -2.31. The van der Waals surface area contributed by atoms with Crippen LogP contribution in [0, 0.1) is 5.92 Å². The van der Waals surface area contributed by atoms with Gasteiger partial charge in [-0.05, 0) is 12.0 Å². The molecular formula is C12H20N2O5S2. The Morgan fingerprint density at radius 2 is 1.90 bits per heavy atom. The van der Waals surface area contributed by atoms with Crippen molar-refractivity contribution in [3.8, 4) is 0 Å². The van der Waals surface area contributed by atoms with E-state index in [2.05, 4.69) is 9.71 Å². The summed E-state index contributed by atoms with van der Waals surface area (Å²) in [7, 11) is -5.87. The van der Waals surface area contributed by atoms with E-state index in [1.54, 1.807) is 0 Å². The number of ether oxygens (including phenoxy) is 1. The van der Waals surface area contributed by atoms with Gasteiger partial charge in [0.05, 0.1) is 28.6 Å². The Hall–Kier alpha value is -1.19. The highest BCUT2D eigenvalue weighted by molar-refractivity contribution is 7.93. The molecule has 0 saturated carbocycles. The third kappa shape index (κ3) is 5.25. The van der Waals surface area contributed by atoms with Gasteiger partial charge >= 0.3 is 0 Å². The Bertz CT molecular complexity index is 683. The maximum absolute atomic E-state index is 12.1. The van der Waals surface area contributed by atoms with Crippen molar-refractivity contribution >= 4 is 25.5 Å². The summed E-state index contributed by atoms with van der Waals surface area (Å²) in [5.74, 6) is -0.255. The van der Waals surface area contributed by atoms with Crippen molar-refractivity contribution in [3.63, 3.8) is 0 Å². The van der Waals surface area contributed by atoms with E-state index in [1.165, 1.54) is 25.6 Å². The van der Waals surface area contributed by atoms with Gasteiger partial charge in [0.1, 0.15) is 0 Å². The minimum absolute atomic E-state index is 0.00912. The zero-order valence-corrected chi connectivity index (χ0v) is 14.0. The van der Waals surface area contributed by atoms with Crippen LogP contribution < -0.4 is 4.72 Å². The molecule has 1 aromatic heterocycles. The Kier molecular flexibility index (Phi) is 5.71. The van der Waals surface area contributed by atoms with Crippen LogP contribution in [0.3, 0.4) is 0 Å². The van der Waals surface area contributed by atoms with Gasteiger partial charge in [0.2, 0.25) is 10.0 Å². The van der Waals surface area contributed by atoms with Crippen LogP contribution in [0.1, 0.15) is 13.8 Å². The van der Waals surface area contributed by atoms with Gasteiger partial charge in [0.15, 0.2) is 9.84 Å². The van der Waals surface area contributed by atoms with Gasteiger partial charge in [0.25, 0.3) is 0 Å². The highest BCUT2D eigenvalue weighted by Gasteiger charge is 2.24. The molecule has 0 aromatic carbocycles. The number of nitrogens with zero attached hydrogens (tertiary/aromatic N) is 1. The van der Waals surface area contributed by atoms with Crippen molar-refractivity contribution in [1.29, 1.82) is 0 Å². The van der Waals surface area contributed by atoms with Crippen LogP contribution >= 0.6 is 0 Å². The molecule has 120 valence electrons. The number of methoxy groups -OCH3 is 1. The van der Waals surface area contributed by atoms with Crippen LogP contribution in [-0.2, 0) is 24.6 Å². The number of hydrogen-bond donors (Lipinski definition) is 1. The Morgan fingerprint density at radius 1 is 1.29 bits per heavy atom. The second kappa shape index (κ2) is 6.71. The molecule has 0 aliphatic heterocycles. The maximum Gasteiger partial charge on any atom is 0.235 e. The minimum atomic E-state index is -3.75. The van der Waals surface area contributed by atoms with Crippen LogP contribution in [0.15, 0.2) is 23.4 Å². The quantitative estimate of drug-likeness (QED) is 0.793. The molecule has 0 amide bonds. The molecule has 0 aliphatic rings. The second-order valence-corrected chi connectivity index (χ2v) is 8.80. The standard InChI is InChI=1S/C12H20N2O5S2/c1-9(2)11(19-3)8-21(17,18)14-10-7-13-6-5-12(10)20(4,15)16/h5-7,9,11,14H,8H2,1-4H3. The number of aromatic nitrogens is 1. The summed E-state index contributed by atoms with van der Waals surface area (Å²) >= 11 is 0. The lowest BCUT2D eigenvalue weighted by Gasteiger charge is -2.20. The van der Waals surface area contributed by atoms with Crippen LogP contribution in [0.2, 0.25) is 0 Å². The largest absolute Gasteiger partial charge is 0.380 e. The molecule has 0 saturated heterocycles. The zero-order chi connectivity index (χ0) is 16.3. The van der Waals surface area contributed by atoms with Crippen molar-refractivity contribution in [1.82, 2.24) is 4.98 Å². The highest BCUT2D eigenvalue weighted by atomic mass is 32.2. The molecule has 7 nitrogen and oxygen atoms in total. The van der Waals surface area contributed by atoms with Crippen molar-refractivity contribution < 1.29 is 21.6 Å². The van der Waals surface area contributed by atoms with Crippen molar-refractivity contribution in [2.45, 2.75) is 24.8 Å². The van der Waals surface area contributed by atoms with E-state index in [9.17, 15) is 16.8 Å². The molecule has 9 heteroatoms. The number of pyridine rings is 1. The topological polar surface area (TPSA) is 102 Å². The van der Waals surface area contributed by atoms with Gasteiger partial charge in [-0.15, -0.1) is 0 Å². The number of hydrogen-bond acceptors (Lipinski definition) is 6. The normalized spacial score (nSPS) is 14.1. The first-order valence-corrected chi connectivity index (χ1v) is 9.78. The van der Waals surface area contributed by atoms with E-state index in [0.29, 0.717) is 0 Å². The molecule has 1 unspecified atom stereocenters. The second-order valence-electron chi connectivity index (χ2n) is 5.05. The van der Waals surface area contributed by atoms with E-state index < -0.39 is 26.0 Å². The minimum Gasteiger partial charge on any atom is -0.380 e. The van der Waals surface area contributed by atoms with Gasteiger partial charge in [-0.1, -0.05) is 13.8 Å². The summed E-state index contributed by atoms with van der Waals surface area (Å²) < 4.78 is 54.9. The molecule has 0 bridgehead atoms. The summed E-state index contributed by atoms with van der Waals surface area (Å²) in [6.07, 6.45) is 2.98. The SMILES string of the molecule is COC(CS(=O)(=O)Nc1cnccc1S(C)(=O)=O)C(C)C. The van der Waals surface area contributed by atoms with Crippen molar-refractivity contribution in [2.24, 2.45) is 5.92 Å². The van der Waals surface area contributed by atoms with Crippen molar-refractivity contribution in [3.05, 3.63) is 18.5 Å². The van der Waals surface area contributed by atoms with E-state index in [1.807, 2.05) is 13.8 Å². The number of nitrogens with one attached hydrogen (secondary N) is 1. The summed E-state index contributed by atoms with van der Waals surface area (Å²) in [5.41, 5.74) is -0.0568. The lowest BCUT2D eigenvalue weighted by molar-refractivity contribution is 0.0829. The zero-order valence-electron chi connectivity index (χ0n) is 12.4. The fourth-order valence-electron chi connectivity index (χ4n) is 1.74. The molecule has 1 N–H and O–H groups in total. The summed E-state index contributed by atoms with van der Waals surface area (Å²) in [4.78, 5) is 3.64. The first-order valence-electron chi connectivity index (χ1n) is 6.24.